The van der Waals surface area contributed by atoms with Crippen molar-refractivity contribution in [3.8, 4) is 11.5 Å². The maximum absolute atomic E-state index is 12.6. The zero-order chi connectivity index (χ0) is 18.0. The van der Waals surface area contributed by atoms with Crippen LogP contribution in [0.3, 0.4) is 0 Å². The molecule has 0 atom stereocenters. The van der Waals surface area contributed by atoms with Crippen molar-refractivity contribution in [3.63, 3.8) is 0 Å². The van der Waals surface area contributed by atoms with Gasteiger partial charge in [0.1, 0.15) is 17.4 Å². The summed E-state index contributed by atoms with van der Waals surface area (Å²) in [6, 6.07) is 10.0. The van der Waals surface area contributed by atoms with Gasteiger partial charge in [0.05, 0.1) is 5.56 Å². The van der Waals surface area contributed by atoms with Crippen LogP contribution in [0.4, 0.5) is 13.2 Å². The summed E-state index contributed by atoms with van der Waals surface area (Å²) in [7, 11) is 0. The summed E-state index contributed by atoms with van der Waals surface area (Å²) >= 11 is 5.59. The molecule has 0 unspecified atom stereocenters. The minimum absolute atomic E-state index is 0.0373. The van der Waals surface area contributed by atoms with Crippen LogP contribution in [-0.4, -0.2) is 23.2 Å². The quantitative estimate of drug-likeness (QED) is 0.739. The Kier molecular flexibility index (Phi) is 4.90. The van der Waals surface area contributed by atoms with Gasteiger partial charge in [0.25, 0.3) is 0 Å². The molecular weight excluding hydrogens is 355 g/mol. The summed E-state index contributed by atoms with van der Waals surface area (Å²) in [5, 5.41) is 0. The van der Waals surface area contributed by atoms with Gasteiger partial charge in [-0.25, -0.2) is 0 Å². The Bertz CT molecular complexity index is 775. The third kappa shape index (κ3) is 4.07. The Morgan fingerprint density at radius 3 is 2.40 bits per heavy atom. The van der Waals surface area contributed by atoms with E-state index in [0.717, 1.165) is 23.3 Å². The summed E-state index contributed by atoms with van der Waals surface area (Å²) < 4.78 is 43.4. The van der Waals surface area contributed by atoms with E-state index in [4.69, 9.17) is 16.3 Å². The third-order valence-corrected chi connectivity index (χ3v) is 4.30. The van der Waals surface area contributed by atoms with Crippen LogP contribution in [0.5, 0.6) is 11.5 Å². The van der Waals surface area contributed by atoms with Crippen molar-refractivity contribution in [1.82, 2.24) is 4.90 Å². The maximum atomic E-state index is 12.6. The predicted molar refractivity (Wildman–Crippen MR) is 87.8 cm³/mol. The first-order valence-corrected chi connectivity index (χ1v) is 8.21. The minimum Gasteiger partial charge on any atom is -0.457 e. The van der Waals surface area contributed by atoms with Gasteiger partial charge in [-0.3, -0.25) is 4.79 Å². The first-order chi connectivity index (χ1) is 11.9. The van der Waals surface area contributed by atoms with Crippen molar-refractivity contribution in [2.75, 3.05) is 12.4 Å². The summed E-state index contributed by atoms with van der Waals surface area (Å²) in [5.41, 5.74) is 1.36. The van der Waals surface area contributed by atoms with E-state index < -0.39 is 11.7 Å². The molecule has 1 aliphatic heterocycles. The molecule has 0 radical (unpaired) electrons. The number of halogens is 4. The molecule has 0 aliphatic carbocycles. The van der Waals surface area contributed by atoms with Crippen LogP contribution in [-0.2, 0) is 23.9 Å². The number of nitrogens with zero attached hydrogens (tertiary/aromatic N) is 1. The number of hydrogen-bond donors (Lipinski definition) is 0. The van der Waals surface area contributed by atoms with Gasteiger partial charge in [0.15, 0.2) is 0 Å². The molecule has 3 rings (SSSR count). The lowest BCUT2D eigenvalue weighted by atomic mass is 9.99. The van der Waals surface area contributed by atoms with Crippen LogP contribution in [0, 0.1) is 0 Å². The summed E-state index contributed by atoms with van der Waals surface area (Å²) in [6.45, 7) is 1.09. The Labute approximate surface area is 148 Å². The van der Waals surface area contributed by atoms with Gasteiger partial charge < -0.3 is 9.64 Å². The fourth-order valence-corrected chi connectivity index (χ4v) is 2.91. The molecule has 132 valence electrons. The molecule has 25 heavy (non-hydrogen) atoms. The first-order valence-electron chi connectivity index (χ1n) is 7.67. The second-order valence-electron chi connectivity index (χ2n) is 5.75. The van der Waals surface area contributed by atoms with E-state index in [1.165, 1.54) is 12.1 Å². The highest BCUT2D eigenvalue weighted by Gasteiger charge is 2.30. The highest BCUT2D eigenvalue weighted by molar-refractivity contribution is 6.27. The lowest BCUT2D eigenvalue weighted by Crippen LogP contribution is -2.36. The van der Waals surface area contributed by atoms with Crippen molar-refractivity contribution in [2.24, 2.45) is 0 Å². The zero-order valence-electron chi connectivity index (χ0n) is 13.1. The van der Waals surface area contributed by atoms with Crippen LogP contribution in [0.2, 0.25) is 0 Å². The van der Waals surface area contributed by atoms with Crippen molar-refractivity contribution >= 4 is 17.5 Å². The number of ether oxygens (including phenoxy) is 1. The van der Waals surface area contributed by atoms with Crippen LogP contribution in [0.15, 0.2) is 42.5 Å². The molecule has 0 saturated heterocycles. The highest BCUT2D eigenvalue weighted by Crippen LogP contribution is 2.32. The van der Waals surface area contributed by atoms with Gasteiger partial charge >= 0.3 is 6.18 Å². The number of benzene rings is 2. The van der Waals surface area contributed by atoms with Crippen LogP contribution < -0.4 is 4.74 Å². The maximum Gasteiger partial charge on any atom is 0.416 e. The van der Waals surface area contributed by atoms with Gasteiger partial charge in [-0.15, -0.1) is 11.6 Å². The van der Waals surface area contributed by atoms with Gasteiger partial charge in [0.2, 0.25) is 5.91 Å². The van der Waals surface area contributed by atoms with Crippen molar-refractivity contribution in [1.29, 1.82) is 0 Å². The zero-order valence-corrected chi connectivity index (χ0v) is 13.9. The van der Waals surface area contributed by atoms with Crippen molar-refractivity contribution in [3.05, 3.63) is 59.2 Å². The van der Waals surface area contributed by atoms with Crippen molar-refractivity contribution < 1.29 is 22.7 Å². The molecule has 0 bridgehead atoms. The van der Waals surface area contributed by atoms with Crippen molar-refractivity contribution in [2.45, 2.75) is 19.1 Å². The molecule has 2 aromatic carbocycles. The molecule has 1 aliphatic rings. The number of hydrogen-bond acceptors (Lipinski definition) is 2. The molecule has 2 aromatic rings. The smallest absolute Gasteiger partial charge is 0.416 e. The molecule has 0 aromatic heterocycles. The minimum atomic E-state index is -4.36. The number of carbonyl (C=O) groups is 1. The average molecular weight is 370 g/mol. The summed E-state index contributed by atoms with van der Waals surface area (Å²) in [4.78, 5) is 13.4. The molecule has 1 heterocycles. The van der Waals surface area contributed by atoms with E-state index in [1.807, 2.05) is 12.1 Å². The highest BCUT2D eigenvalue weighted by atomic mass is 35.5. The van der Waals surface area contributed by atoms with E-state index in [2.05, 4.69) is 0 Å². The molecule has 1 amide bonds. The molecule has 3 nitrogen and oxygen atoms in total. The standard InChI is InChI=1S/C18H15ClF3NO2/c19-10-17(24)23-8-7-12-9-16(4-1-13(12)11-23)25-15-5-2-14(3-6-15)18(20,21)22/h1-6,9H,7-8,10-11H2. The van der Waals surface area contributed by atoms with Gasteiger partial charge in [0, 0.05) is 13.1 Å². The second kappa shape index (κ2) is 6.96. The fraction of sp³-hybridized carbons (Fsp3) is 0.278. The molecule has 0 N–H and O–H groups in total. The number of fused-ring (bicyclic) bond motifs is 1. The largest absolute Gasteiger partial charge is 0.457 e. The number of amides is 1. The molecule has 7 heteroatoms. The monoisotopic (exact) mass is 369 g/mol. The normalized spacial score (nSPS) is 14.2. The first kappa shape index (κ1) is 17.6. The lowest BCUT2D eigenvalue weighted by Gasteiger charge is -2.28. The average Bonchev–Trinajstić information content (AvgIpc) is 2.60. The van der Waals surface area contributed by atoms with Crippen LogP contribution in [0.25, 0.3) is 0 Å². The van der Waals surface area contributed by atoms with E-state index in [0.29, 0.717) is 31.0 Å². The molecule has 0 spiro atoms. The SMILES string of the molecule is O=C(CCl)N1CCc2cc(Oc3ccc(C(F)(F)F)cc3)ccc2C1. The Balaban J connectivity index is 1.72. The molecule has 0 fully saturated rings. The number of rotatable bonds is 3. The Morgan fingerprint density at radius 2 is 1.76 bits per heavy atom. The topological polar surface area (TPSA) is 29.5 Å². The van der Waals surface area contributed by atoms with E-state index in [-0.39, 0.29) is 11.8 Å². The van der Waals surface area contributed by atoms with Gasteiger partial charge in [-0.1, -0.05) is 6.07 Å². The third-order valence-electron chi connectivity index (χ3n) is 4.07. The number of alkyl halides is 4. The molecular formula is C18H15ClF3NO2. The second-order valence-corrected chi connectivity index (χ2v) is 6.02. The summed E-state index contributed by atoms with van der Waals surface area (Å²) in [6.07, 6.45) is -3.68. The van der Waals surface area contributed by atoms with Crippen LogP contribution in [0.1, 0.15) is 16.7 Å². The van der Waals surface area contributed by atoms with Crippen LogP contribution >= 0.6 is 11.6 Å². The Morgan fingerprint density at radius 1 is 1.08 bits per heavy atom. The van der Waals surface area contributed by atoms with E-state index >= 15 is 0 Å². The lowest BCUT2D eigenvalue weighted by molar-refractivity contribution is -0.137. The predicted octanol–water partition coefficient (Wildman–Crippen LogP) is 4.62. The number of carbonyl (C=O) groups excluding carboxylic acids is 1. The van der Waals surface area contributed by atoms with E-state index in [1.54, 1.807) is 11.0 Å². The van der Waals surface area contributed by atoms with Gasteiger partial charge in [-0.05, 0) is 53.9 Å². The van der Waals surface area contributed by atoms with Gasteiger partial charge in [-0.2, -0.15) is 13.2 Å². The van der Waals surface area contributed by atoms with E-state index in [9.17, 15) is 18.0 Å². The fourth-order valence-electron chi connectivity index (χ4n) is 2.74. The summed E-state index contributed by atoms with van der Waals surface area (Å²) in [5.74, 6) is 0.750. The molecule has 0 saturated carbocycles. The Hall–Kier alpha value is -2.21.